The lowest BCUT2D eigenvalue weighted by Gasteiger charge is -2.32. The summed E-state index contributed by atoms with van der Waals surface area (Å²) in [6.45, 7) is 1.71. The van der Waals surface area contributed by atoms with E-state index in [0.717, 1.165) is 25.2 Å². The molecule has 1 aliphatic rings. The Hall–Kier alpha value is -1.13. The predicted octanol–water partition coefficient (Wildman–Crippen LogP) is 1.94. The minimum absolute atomic E-state index is 0.445. The van der Waals surface area contributed by atoms with Gasteiger partial charge in [0.15, 0.2) is 0 Å². The fourth-order valence-electron chi connectivity index (χ4n) is 2.10. The van der Waals surface area contributed by atoms with Gasteiger partial charge in [0.1, 0.15) is 4.99 Å². The lowest BCUT2D eigenvalue weighted by molar-refractivity contribution is 0.0807. The topological polar surface area (TPSA) is 38.5 Å². The van der Waals surface area contributed by atoms with Crippen LogP contribution in [0.3, 0.4) is 0 Å². The van der Waals surface area contributed by atoms with Crippen LogP contribution in [0.2, 0.25) is 0 Å². The molecule has 1 saturated heterocycles. The molecule has 0 radical (unpaired) electrons. The highest BCUT2D eigenvalue weighted by atomic mass is 32.1. The molecule has 1 aromatic rings. The number of rotatable bonds is 3. The fourth-order valence-corrected chi connectivity index (χ4v) is 2.24. The van der Waals surface area contributed by atoms with Crippen molar-refractivity contribution in [2.75, 3.05) is 25.2 Å². The van der Waals surface area contributed by atoms with Crippen molar-refractivity contribution >= 4 is 22.9 Å². The van der Waals surface area contributed by atoms with Crippen LogP contribution in [0.25, 0.3) is 0 Å². The summed E-state index contributed by atoms with van der Waals surface area (Å²) in [5.74, 6) is 0. The Morgan fingerprint density at radius 1 is 1.41 bits per heavy atom. The van der Waals surface area contributed by atoms with E-state index in [2.05, 4.69) is 24.1 Å². The van der Waals surface area contributed by atoms with Crippen LogP contribution in [0.5, 0.6) is 0 Å². The summed E-state index contributed by atoms with van der Waals surface area (Å²) in [4.78, 5) is 2.71. The number of ether oxygens (including phenoxy) is 1. The van der Waals surface area contributed by atoms with E-state index in [9.17, 15) is 0 Å². The molecule has 0 amide bonds. The van der Waals surface area contributed by atoms with Crippen molar-refractivity contribution in [1.82, 2.24) is 0 Å². The zero-order chi connectivity index (χ0) is 12.3. The average molecular weight is 250 g/mol. The number of hydrogen-bond donors (Lipinski definition) is 1. The van der Waals surface area contributed by atoms with Crippen LogP contribution in [-0.4, -0.2) is 31.3 Å². The first-order valence-electron chi connectivity index (χ1n) is 5.89. The summed E-state index contributed by atoms with van der Waals surface area (Å²) in [6.07, 6.45) is 2.33. The lowest BCUT2D eigenvalue weighted by Crippen LogP contribution is -2.38. The Bertz CT molecular complexity index is 385. The SMILES string of the molecule is CN(c1ccc(C(N)=S)cc1)C1CCCOC1. The maximum atomic E-state index is 5.58. The van der Waals surface area contributed by atoms with Crippen molar-refractivity contribution in [2.45, 2.75) is 18.9 Å². The van der Waals surface area contributed by atoms with Gasteiger partial charge in [-0.2, -0.15) is 0 Å². The van der Waals surface area contributed by atoms with Crippen LogP contribution in [0.15, 0.2) is 24.3 Å². The largest absolute Gasteiger partial charge is 0.389 e. The Labute approximate surface area is 108 Å². The van der Waals surface area contributed by atoms with Gasteiger partial charge < -0.3 is 15.4 Å². The highest BCUT2D eigenvalue weighted by molar-refractivity contribution is 7.80. The molecule has 2 rings (SSSR count). The predicted molar refractivity (Wildman–Crippen MR) is 74.6 cm³/mol. The monoisotopic (exact) mass is 250 g/mol. The third kappa shape index (κ3) is 2.96. The first kappa shape index (κ1) is 12.3. The minimum atomic E-state index is 0.445. The molecule has 0 bridgehead atoms. The van der Waals surface area contributed by atoms with E-state index in [1.54, 1.807) is 0 Å². The molecule has 0 aromatic heterocycles. The third-order valence-electron chi connectivity index (χ3n) is 3.24. The molecule has 92 valence electrons. The van der Waals surface area contributed by atoms with E-state index in [1.807, 2.05) is 12.1 Å². The number of nitrogens with zero attached hydrogens (tertiary/aromatic N) is 1. The molecule has 3 nitrogen and oxygen atoms in total. The number of hydrogen-bond acceptors (Lipinski definition) is 3. The lowest BCUT2D eigenvalue weighted by atomic mass is 10.1. The number of thiocarbonyl (C=S) groups is 1. The van der Waals surface area contributed by atoms with E-state index in [-0.39, 0.29) is 0 Å². The first-order chi connectivity index (χ1) is 8.18. The molecule has 1 atom stereocenters. The quantitative estimate of drug-likeness (QED) is 0.832. The summed E-state index contributed by atoms with van der Waals surface area (Å²) >= 11 is 4.94. The van der Waals surface area contributed by atoms with E-state index in [4.69, 9.17) is 22.7 Å². The standard InChI is InChI=1S/C13H18N2OS/c1-15(12-3-2-8-16-9-12)11-6-4-10(5-7-11)13(14)17/h4-7,12H,2-3,8-9H2,1H3,(H2,14,17). The second-order valence-corrected chi connectivity index (χ2v) is 4.83. The molecule has 1 aliphatic heterocycles. The van der Waals surface area contributed by atoms with Crippen LogP contribution in [0.4, 0.5) is 5.69 Å². The molecule has 0 aliphatic carbocycles. The average Bonchev–Trinajstić information content (AvgIpc) is 2.39. The number of likely N-dealkylation sites (N-methyl/N-ethyl adjacent to an activating group) is 1. The Balaban J connectivity index is 2.07. The molecule has 0 spiro atoms. The second kappa shape index (κ2) is 5.47. The van der Waals surface area contributed by atoms with Gasteiger partial charge in [-0.15, -0.1) is 0 Å². The van der Waals surface area contributed by atoms with Crippen LogP contribution < -0.4 is 10.6 Å². The number of anilines is 1. The molecule has 0 saturated carbocycles. The van der Waals surface area contributed by atoms with Gasteiger partial charge in [0.2, 0.25) is 0 Å². The van der Waals surface area contributed by atoms with Crippen molar-refractivity contribution < 1.29 is 4.74 Å². The van der Waals surface area contributed by atoms with Crippen molar-refractivity contribution in [1.29, 1.82) is 0 Å². The minimum Gasteiger partial charge on any atom is -0.389 e. The highest BCUT2D eigenvalue weighted by Gasteiger charge is 2.18. The smallest absolute Gasteiger partial charge is 0.103 e. The number of benzene rings is 1. The van der Waals surface area contributed by atoms with E-state index in [1.165, 1.54) is 12.1 Å². The van der Waals surface area contributed by atoms with Gasteiger partial charge in [-0.3, -0.25) is 0 Å². The zero-order valence-electron chi connectivity index (χ0n) is 10.1. The highest BCUT2D eigenvalue weighted by Crippen LogP contribution is 2.20. The summed E-state index contributed by atoms with van der Waals surface area (Å²) in [5, 5.41) is 0. The number of nitrogens with two attached hydrogens (primary N) is 1. The van der Waals surface area contributed by atoms with Gasteiger partial charge in [0.25, 0.3) is 0 Å². The molecule has 1 unspecified atom stereocenters. The van der Waals surface area contributed by atoms with E-state index >= 15 is 0 Å². The van der Waals surface area contributed by atoms with Crippen LogP contribution in [0, 0.1) is 0 Å². The summed E-state index contributed by atoms with van der Waals surface area (Å²) in [5.41, 5.74) is 7.68. The molecule has 17 heavy (non-hydrogen) atoms. The molecule has 1 fully saturated rings. The summed E-state index contributed by atoms with van der Waals surface area (Å²) in [7, 11) is 2.11. The second-order valence-electron chi connectivity index (χ2n) is 4.39. The maximum Gasteiger partial charge on any atom is 0.103 e. The van der Waals surface area contributed by atoms with Gasteiger partial charge >= 0.3 is 0 Å². The molecule has 1 aromatic carbocycles. The van der Waals surface area contributed by atoms with E-state index in [0.29, 0.717) is 11.0 Å². The fraction of sp³-hybridized carbons (Fsp3) is 0.462. The molecular formula is C13H18N2OS. The molecule has 2 N–H and O–H groups in total. The maximum absolute atomic E-state index is 5.58. The zero-order valence-corrected chi connectivity index (χ0v) is 10.9. The van der Waals surface area contributed by atoms with Gasteiger partial charge in [-0.1, -0.05) is 12.2 Å². The Morgan fingerprint density at radius 3 is 2.65 bits per heavy atom. The third-order valence-corrected chi connectivity index (χ3v) is 3.48. The molecule has 1 heterocycles. The Kier molecular flexibility index (Phi) is 3.97. The van der Waals surface area contributed by atoms with Crippen LogP contribution >= 0.6 is 12.2 Å². The van der Waals surface area contributed by atoms with E-state index < -0.39 is 0 Å². The van der Waals surface area contributed by atoms with Crippen molar-refractivity contribution in [3.05, 3.63) is 29.8 Å². The van der Waals surface area contributed by atoms with Gasteiger partial charge in [0, 0.05) is 24.9 Å². The van der Waals surface area contributed by atoms with Crippen molar-refractivity contribution in [2.24, 2.45) is 5.73 Å². The van der Waals surface area contributed by atoms with Gasteiger partial charge in [0.05, 0.1) is 12.6 Å². The normalized spacial score (nSPS) is 19.9. The first-order valence-corrected chi connectivity index (χ1v) is 6.30. The molecule has 4 heteroatoms. The van der Waals surface area contributed by atoms with Crippen LogP contribution in [0.1, 0.15) is 18.4 Å². The van der Waals surface area contributed by atoms with Crippen molar-refractivity contribution in [3.63, 3.8) is 0 Å². The van der Waals surface area contributed by atoms with Crippen LogP contribution in [-0.2, 0) is 4.74 Å². The van der Waals surface area contributed by atoms with Crippen molar-refractivity contribution in [3.8, 4) is 0 Å². The summed E-state index contributed by atoms with van der Waals surface area (Å²) < 4.78 is 5.50. The molecular weight excluding hydrogens is 232 g/mol. The van der Waals surface area contributed by atoms with Gasteiger partial charge in [-0.05, 0) is 37.1 Å². The summed E-state index contributed by atoms with van der Waals surface area (Å²) in [6, 6.07) is 8.53. The van der Waals surface area contributed by atoms with Gasteiger partial charge in [-0.25, -0.2) is 0 Å². The Morgan fingerprint density at radius 2 is 2.12 bits per heavy atom.